The number of amides is 2. The van der Waals surface area contributed by atoms with Gasteiger partial charge >= 0.3 is 6.18 Å². The van der Waals surface area contributed by atoms with Gasteiger partial charge in [-0.05, 0) is 60.5 Å². The van der Waals surface area contributed by atoms with Crippen LogP contribution in [-0.2, 0) is 38.8 Å². The number of hydrogen-bond acceptors (Lipinski definition) is 5. The number of nitrogens with one attached hydrogen (secondary N) is 1. The van der Waals surface area contributed by atoms with Crippen LogP contribution in [0.4, 0.5) is 18.9 Å². The number of rotatable bonds is 13. The van der Waals surface area contributed by atoms with Crippen molar-refractivity contribution < 1.29 is 35.9 Å². The van der Waals surface area contributed by atoms with Gasteiger partial charge < -0.3 is 15.0 Å². The van der Waals surface area contributed by atoms with E-state index in [9.17, 15) is 31.2 Å². The highest BCUT2D eigenvalue weighted by atomic mass is 35.5. The first-order valence-electron chi connectivity index (χ1n) is 14.5. The third-order valence-electron chi connectivity index (χ3n) is 7.26. The molecule has 0 radical (unpaired) electrons. The second kappa shape index (κ2) is 15.4. The second-order valence-corrected chi connectivity index (χ2v) is 12.7. The van der Waals surface area contributed by atoms with Crippen LogP contribution >= 0.6 is 11.6 Å². The molecule has 0 spiro atoms. The summed E-state index contributed by atoms with van der Waals surface area (Å²) in [4.78, 5) is 29.0. The van der Waals surface area contributed by atoms with Gasteiger partial charge in [0.05, 0.1) is 28.3 Å². The molecule has 13 heteroatoms. The van der Waals surface area contributed by atoms with Gasteiger partial charge in [0.2, 0.25) is 11.8 Å². The Morgan fingerprint density at radius 2 is 1.53 bits per heavy atom. The topological polar surface area (TPSA) is 96.0 Å². The van der Waals surface area contributed by atoms with Gasteiger partial charge in [0.25, 0.3) is 10.0 Å². The molecule has 4 aromatic carbocycles. The first-order valence-corrected chi connectivity index (χ1v) is 16.4. The van der Waals surface area contributed by atoms with Crippen molar-refractivity contribution in [2.24, 2.45) is 0 Å². The van der Waals surface area contributed by atoms with Crippen molar-refractivity contribution in [1.29, 1.82) is 0 Å². The van der Waals surface area contributed by atoms with Gasteiger partial charge in [0, 0.05) is 19.5 Å². The zero-order valence-corrected chi connectivity index (χ0v) is 27.1. The van der Waals surface area contributed by atoms with E-state index in [0.717, 1.165) is 17.7 Å². The zero-order chi connectivity index (χ0) is 34.2. The minimum atomic E-state index is -4.91. The minimum Gasteiger partial charge on any atom is -0.497 e. The Bertz CT molecular complexity index is 1790. The van der Waals surface area contributed by atoms with E-state index in [2.05, 4.69) is 5.32 Å². The average Bonchev–Trinajstić information content (AvgIpc) is 3.06. The number of likely N-dealkylation sites (N-methyl/N-ethyl adjacent to an activating group) is 1. The summed E-state index contributed by atoms with van der Waals surface area (Å²) in [5.74, 6) is -0.833. The number of sulfonamides is 1. The summed E-state index contributed by atoms with van der Waals surface area (Å²) >= 11 is 5.85. The number of carbonyl (C=O) groups is 2. The number of halogens is 4. The smallest absolute Gasteiger partial charge is 0.417 e. The molecular weight excluding hydrogens is 655 g/mol. The fourth-order valence-electron chi connectivity index (χ4n) is 4.95. The van der Waals surface area contributed by atoms with Crippen molar-refractivity contribution in [3.05, 3.63) is 125 Å². The van der Waals surface area contributed by atoms with Crippen LogP contribution in [-0.4, -0.2) is 51.4 Å². The molecule has 0 saturated heterocycles. The molecule has 0 aliphatic rings. The molecule has 2 amide bonds. The Hall–Kier alpha value is -4.55. The van der Waals surface area contributed by atoms with Crippen molar-refractivity contribution >= 4 is 39.1 Å². The Morgan fingerprint density at radius 1 is 0.894 bits per heavy atom. The largest absolute Gasteiger partial charge is 0.497 e. The van der Waals surface area contributed by atoms with Gasteiger partial charge in [-0.25, -0.2) is 8.42 Å². The zero-order valence-electron chi connectivity index (χ0n) is 25.6. The van der Waals surface area contributed by atoms with E-state index in [1.54, 1.807) is 67.6 Å². The fourth-order valence-corrected chi connectivity index (χ4v) is 6.60. The number of methoxy groups -OCH3 is 1. The van der Waals surface area contributed by atoms with E-state index in [-0.39, 0.29) is 24.4 Å². The molecule has 0 unspecified atom stereocenters. The highest BCUT2D eigenvalue weighted by molar-refractivity contribution is 7.92. The molecule has 248 valence electrons. The van der Waals surface area contributed by atoms with Crippen molar-refractivity contribution in [2.45, 2.75) is 37.0 Å². The average molecular weight is 688 g/mol. The lowest BCUT2D eigenvalue weighted by atomic mass is 10.0. The lowest BCUT2D eigenvalue weighted by Gasteiger charge is -2.34. The number of benzene rings is 4. The molecule has 0 aliphatic carbocycles. The molecule has 0 saturated carbocycles. The summed E-state index contributed by atoms with van der Waals surface area (Å²) in [5, 5.41) is 2.12. The number of hydrogen-bond donors (Lipinski definition) is 1. The number of anilines is 1. The fraction of sp³-hybridized carbons (Fsp3) is 0.235. The molecule has 0 fully saturated rings. The molecule has 0 aromatic heterocycles. The molecule has 4 rings (SSSR count). The molecular formula is C34H33ClF3N3O5S. The molecule has 0 bridgehead atoms. The number of ether oxygens (including phenoxy) is 1. The van der Waals surface area contributed by atoms with Crippen LogP contribution in [0.25, 0.3) is 0 Å². The van der Waals surface area contributed by atoms with Crippen LogP contribution in [0.5, 0.6) is 5.75 Å². The molecule has 0 aliphatic heterocycles. The lowest BCUT2D eigenvalue weighted by Crippen LogP contribution is -2.53. The van der Waals surface area contributed by atoms with E-state index in [1.807, 2.05) is 0 Å². The van der Waals surface area contributed by atoms with Crippen LogP contribution in [0.2, 0.25) is 5.02 Å². The van der Waals surface area contributed by atoms with Gasteiger partial charge in [0.15, 0.2) is 0 Å². The summed E-state index contributed by atoms with van der Waals surface area (Å²) in [6, 6.07) is 24.3. The van der Waals surface area contributed by atoms with Gasteiger partial charge in [-0.3, -0.25) is 13.9 Å². The van der Waals surface area contributed by atoms with E-state index in [4.69, 9.17) is 16.3 Å². The second-order valence-electron chi connectivity index (χ2n) is 10.5. The van der Waals surface area contributed by atoms with Crippen LogP contribution in [0.1, 0.15) is 23.6 Å². The Morgan fingerprint density at radius 3 is 2.15 bits per heavy atom. The summed E-state index contributed by atoms with van der Waals surface area (Å²) < 4.78 is 75.7. The summed E-state index contributed by atoms with van der Waals surface area (Å²) in [6.45, 7) is 0.909. The lowest BCUT2D eigenvalue weighted by molar-refractivity contribution is -0.140. The summed E-state index contributed by atoms with van der Waals surface area (Å²) in [6.07, 6.45) is -4.83. The quantitative estimate of drug-likeness (QED) is 0.177. The van der Waals surface area contributed by atoms with Crippen LogP contribution in [0, 0.1) is 0 Å². The highest BCUT2D eigenvalue weighted by Gasteiger charge is 2.37. The molecule has 4 aromatic rings. The van der Waals surface area contributed by atoms with Crippen molar-refractivity contribution in [3.63, 3.8) is 0 Å². The third kappa shape index (κ3) is 8.83. The Balaban J connectivity index is 1.86. The number of nitrogens with zero attached hydrogens (tertiary/aromatic N) is 2. The van der Waals surface area contributed by atoms with Gasteiger partial charge in [-0.1, -0.05) is 72.3 Å². The minimum absolute atomic E-state index is 0.0764. The third-order valence-corrected chi connectivity index (χ3v) is 9.38. The first kappa shape index (κ1) is 35.3. The molecule has 1 atom stereocenters. The van der Waals surface area contributed by atoms with Gasteiger partial charge in [-0.2, -0.15) is 13.2 Å². The maximum atomic E-state index is 14.4. The monoisotopic (exact) mass is 687 g/mol. The van der Waals surface area contributed by atoms with E-state index < -0.39 is 56.9 Å². The predicted octanol–water partition coefficient (Wildman–Crippen LogP) is 6.34. The normalized spacial score (nSPS) is 12.2. The first-order chi connectivity index (χ1) is 22.3. The van der Waals surface area contributed by atoms with Crippen LogP contribution in [0.3, 0.4) is 0 Å². The van der Waals surface area contributed by atoms with Crippen LogP contribution in [0.15, 0.2) is 108 Å². The number of carbonyl (C=O) groups excluding carboxylic acids is 2. The van der Waals surface area contributed by atoms with Crippen molar-refractivity contribution in [1.82, 2.24) is 10.2 Å². The maximum absolute atomic E-state index is 14.4. The molecule has 0 heterocycles. The van der Waals surface area contributed by atoms with E-state index in [1.165, 1.54) is 36.3 Å². The molecule has 47 heavy (non-hydrogen) atoms. The predicted molar refractivity (Wildman–Crippen MR) is 174 cm³/mol. The Labute approximate surface area is 276 Å². The molecule has 1 N–H and O–H groups in total. The number of alkyl halides is 3. The molecule has 8 nitrogen and oxygen atoms in total. The highest BCUT2D eigenvalue weighted by Crippen LogP contribution is 2.38. The maximum Gasteiger partial charge on any atom is 0.417 e. The van der Waals surface area contributed by atoms with E-state index in [0.29, 0.717) is 21.7 Å². The SMILES string of the molecule is CCNC(=O)[C@H](Cc1ccccc1)N(Cc1cccc(OC)c1)C(=O)CN(c1ccc(Cl)c(C(F)(F)F)c1)S(=O)(=O)c1ccccc1. The van der Waals surface area contributed by atoms with Crippen molar-refractivity contribution in [2.75, 3.05) is 24.5 Å². The Kier molecular flexibility index (Phi) is 11.5. The van der Waals surface area contributed by atoms with Gasteiger partial charge in [-0.15, -0.1) is 0 Å². The summed E-state index contributed by atoms with van der Waals surface area (Å²) in [7, 11) is -3.13. The standard InChI is InChI=1S/C34H33ClF3N3O5S/c1-3-39-33(43)31(20-24-11-6-4-7-12-24)40(22-25-13-10-14-27(19-25)46-2)32(42)23-41(47(44,45)28-15-8-5-9-16-28)26-17-18-30(35)29(21-26)34(36,37)38/h4-19,21,31H,3,20,22-23H2,1-2H3,(H,39,43)/t31-/m0/s1. The van der Waals surface area contributed by atoms with E-state index >= 15 is 0 Å². The van der Waals surface area contributed by atoms with Crippen LogP contribution < -0.4 is 14.4 Å². The summed E-state index contributed by atoms with van der Waals surface area (Å²) in [5.41, 5.74) is -0.398. The van der Waals surface area contributed by atoms with Gasteiger partial charge in [0.1, 0.15) is 18.3 Å². The van der Waals surface area contributed by atoms with Crippen molar-refractivity contribution in [3.8, 4) is 5.75 Å².